The van der Waals surface area contributed by atoms with Crippen LogP contribution in [0.4, 0.5) is 0 Å². The highest BCUT2D eigenvalue weighted by atomic mass is 16.1. The summed E-state index contributed by atoms with van der Waals surface area (Å²) >= 11 is 0. The molecule has 1 aliphatic rings. The van der Waals surface area contributed by atoms with Crippen LogP contribution in [0, 0.1) is 17.8 Å². The number of carbonyl (C=O) groups is 1. The van der Waals surface area contributed by atoms with E-state index in [-0.39, 0.29) is 5.41 Å². The zero-order chi connectivity index (χ0) is 6.04. The summed E-state index contributed by atoms with van der Waals surface area (Å²) in [5, 5.41) is 0. The van der Waals surface area contributed by atoms with Crippen molar-refractivity contribution < 1.29 is 4.79 Å². The highest BCUT2D eigenvalue weighted by molar-refractivity contribution is 5.64. The van der Waals surface area contributed by atoms with Gasteiger partial charge in [0.2, 0.25) is 0 Å². The quantitative estimate of drug-likeness (QED) is 0.381. The monoisotopic (exact) mass is 108 g/mol. The van der Waals surface area contributed by atoms with E-state index < -0.39 is 0 Å². The van der Waals surface area contributed by atoms with Crippen LogP contribution in [0.25, 0.3) is 0 Å². The van der Waals surface area contributed by atoms with Crippen LogP contribution in [0.5, 0.6) is 0 Å². The summed E-state index contributed by atoms with van der Waals surface area (Å²) in [5.74, 6) is 2.49. The molecule has 0 spiro atoms. The fourth-order valence-corrected chi connectivity index (χ4v) is 0.700. The summed E-state index contributed by atoms with van der Waals surface area (Å²) in [7, 11) is 0. The minimum absolute atomic E-state index is 0.0747. The molecule has 1 fully saturated rings. The Hall–Kier alpha value is -0.770. The fourth-order valence-electron chi connectivity index (χ4n) is 0.700. The maximum Gasteiger partial charge on any atom is 0.127 e. The van der Waals surface area contributed by atoms with E-state index in [0.717, 1.165) is 19.1 Å². The minimum Gasteiger partial charge on any atom is -0.303 e. The summed E-state index contributed by atoms with van der Waals surface area (Å²) in [4.78, 5) is 10.2. The maximum absolute atomic E-state index is 10.2. The van der Waals surface area contributed by atoms with E-state index in [9.17, 15) is 4.79 Å². The van der Waals surface area contributed by atoms with Gasteiger partial charge in [0.1, 0.15) is 6.29 Å². The van der Waals surface area contributed by atoms with Crippen molar-refractivity contribution in [1.82, 2.24) is 0 Å². The largest absolute Gasteiger partial charge is 0.303 e. The molecular formula is C7H8O. The first kappa shape index (κ1) is 5.37. The van der Waals surface area contributed by atoms with E-state index >= 15 is 0 Å². The molecule has 0 aromatic heterocycles. The average molecular weight is 108 g/mol. The molecule has 0 aromatic carbocycles. The zero-order valence-corrected chi connectivity index (χ0v) is 4.68. The van der Waals surface area contributed by atoms with E-state index in [1.54, 1.807) is 0 Å². The van der Waals surface area contributed by atoms with E-state index in [4.69, 9.17) is 6.42 Å². The molecule has 0 bridgehead atoms. The Morgan fingerprint density at radius 2 is 2.38 bits per heavy atom. The standard InChI is InChI=1S/C7H8O/c1-2-3-7(6-8)4-5-7/h1,6H,3-5H2. The van der Waals surface area contributed by atoms with Crippen molar-refractivity contribution in [2.45, 2.75) is 19.3 Å². The maximum atomic E-state index is 10.2. The van der Waals surface area contributed by atoms with Gasteiger partial charge in [0.15, 0.2) is 0 Å². The lowest BCUT2D eigenvalue weighted by Crippen LogP contribution is -1.98. The van der Waals surface area contributed by atoms with Gasteiger partial charge in [-0.2, -0.15) is 0 Å². The number of rotatable bonds is 2. The van der Waals surface area contributed by atoms with Gasteiger partial charge in [-0.3, -0.25) is 0 Å². The van der Waals surface area contributed by atoms with Gasteiger partial charge in [-0.15, -0.1) is 12.3 Å². The molecule has 1 heteroatoms. The molecule has 1 nitrogen and oxygen atoms in total. The third-order valence-corrected chi connectivity index (χ3v) is 1.60. The van der Waals surface area contributed by atoms with Gasteiger partial charge in [0.25, 0.3) is 0 Å². The van der Waals surface area contributed by atoms with Gasteiger partial charge in [-0.25, -0.2) is 0 Å². The lowest BCUT2D eigenvalue weighted by molar-refractivity contribution is -0.112. The van der Waals surface area contributed by atoms with Crippen LogP contribution < -0.4 is 0 Å². The number of carbonyl (C=O) groups excluding carboxylic acids is 1. The Balaban J connectivity index is 2.44. The van der Waals surface area contributed by atoms with Gasteiger partial charge in [0.05, 0.1) is 0 Å². The lowest BCUT2D eigenvalue weighted by Gasteiger charge is -1.95. The molecule has 0 heterocycles. The molecule has 0 unspecified atom stereocenters. The van der Waals surface area contributed by atoms with Crippen LogP contribution in [0.15, 0.2) is 0 Å². The fraction of sp³-hybridized carbons (Fsp3) is 0.571. The number of aldehydes is 1. The predicted molar refractivity (Wildman–Crippen MR) is 31.2 cm³/mol. The van der Waals surface area contributed by atoms with Crippen LogP contribution >= 0.6 is 0 Å². The molecule has 1 rings (SSSR count). The normalized spacial score (nSPS) is 21.4. The number of hydrogen-bond acceptors (Lipinski definition) is 1. The van der Waals surface area contributed by atoms with Crippen molar-refractivity contribution in [1.29, 1.82) is 0 Å². The number of hydrogen-bond donors (Lipinski definition) is 0. The first-order valence-electron chi connectivity index (χ1n) is 2.73. The van der Waals surface area contributed by atoms with E-state index in [0.29, 0.717) is 6.42 Å². The lowest BCUT2D eigenvalue weighted by atomic mass is 10.1. The molecule has 0 atom stereocenters. The summed E-state index contributed by atoms with van der Waals surface area (Å²) in [6.45, 7) is 0. The Morgan fingerprint density at radius 1 is 1.75 bits per heavy atom. The van der Waals surface area contributed by atoms with E-state index in [2.05, 4.69) is 5.92 Å². The zero-order valence-electron chi connectivity index (χ0n) is 4.68. The van der Waals surface area contributed by atoms with Crippen molar-refractivity contribution in [3.05, 3.63) is 0 Å². The van der Waals surface area contributed by atoms with Crippen LogP contribution in [0.3, 0.4) is 0 Å². The van der Waals surface area contributed by atoms with Crippen LogP contribution in [-0.2, 0) is 4.79 Å². The van der Waals surface area contributed by atoms with Gasteiger partial charge in [0, 0.05) is 11.8 Å². The first-order valence-corrected chi connectivity index (χ1v) is 2.73. The molecule has 8 heavy (non-hydrogen) atoms. The Labute approximate surface area is 49.1 Å². The van der Waals surface area contributed by atoms with Crippen LogP contribution in [0.1, 0.15) is 19.3 Å². The van der Waals surface area contributed by atoms with E-state index in [1.165, 1.54) is 0 Å². The second-order valence-corrected chi connectivity index (χ2v) is 2.36. The average Bonchev–Trinajstić information content (AvgIpc) is 2.50. The molecule has 0 aromatic rings. The molecule has 0 saturated heterocycles. The summed E-state index contributed by atoms with van der Waals surface area (Å²) in [6.07, 6.45) is 8.65. The first-order chi connectivity index (χ1) is 3.83. The highest BCUT2D eigenvalue weighted by Crippen LogP contribution is 2.46. The topological polar surface area (TPSA) is 17.1 Å². The van der Waals surface area contributed by atoms with Crippen LogP contribution in [0.2, 0.25) is 0 Å². The molecule has 42 valence electrons. The Kier molecular flexibility index (Phi) is 1.09. The molecule has 1 saturated carbocycles. The summed E-state index contributed by atoms with van der Waals surface area (Å²) in [5.41, 5.74) is -0.0747. The van der Waals surface area contributed by atoms with Gasteiger partial charge in [-0.1, -0.05) is 0 Å². The van der Waals surface area contributed by atoms with Crippen molar-refractivity contribution in [2.75, 3.05) is 0 Å². The van der Waals surface area contributed by atoms with Crippen molar-refractivity contribution in [3.8, 4) is 12.3 Å². The Bertz CT molecular complexity index is 137. The van der Waals surface area contributed by atoms with Crippen molar-refractivity contribution in [2.24, 2.45) is 5.41 Å². The van der Waals surface area contributed by atoms with Gasteiger partial charge in [-0.05, 0) is 12.8 Å². The summed E-state index contributed by atoms with van der Waals surface area (Å²) < 4.78 is 0. The molecule has 0 N–H and O–H groups in total. The SMILES string of the molecule is C#CCC1(C=O)CC1. The number of terminal acetylenes is 1. The van der Waals surface area contributed by atoms with Gasteiger partial charge < -0.3 is 4.79 Å². The smallest absolute Gasteiger partial charge is 0.127 e. The third kappa shape index (κ3) is 0.742. The van der Waals surface area contributed by atoms with Gasteiger partial charge >= 0.3 is 0 Å². The second-order valence-electron chi connectivity index (χ2n) is 2.36. The molecule has 1 aliphatic carbocycles. The highest BCUT2D eigenvalue weighted by Gasteiger charge is 2.41. The Morgan fingerprint density at radius 3 is 2.50 bits per heavy atom. The third-order valence-electron chi connectivity index (χ3n) is 1.60. The molecule has 0 amide bonds. The van der Waals surface area contributed by atoms with E-state index in [1.807, 2.05) is 0 Å². The van der Waals surface area contributed by atoms with Crippen molar-refractivity contribution in [3.63, 3.8) is 0 Å². The van der Waals surface area contributed by atoms with Crippen LogP contribution in [-0.4, -0.2) is 6.29 Å². The minimum atomic E-state index is -0.0747. The van der Waals surface area contributed by atoms with Crippen molar-refractivity contribution >= 4 is 6.29 Å². The second kappa shape index (κ2) is 1.63. The molecule has 0 radical (unpaired) electrons. The predicted octanol–water partition coefficient (Wildman–Crippen LogP) is 0.989. The molecular weight excluding hydrogens is 100 g/mol. The summed E-state index contributed by atoms with van der Waals surface area (Å²) in [6, 6.07) is 0. The molecule has 0 aliphatic heterocycles.